The van der Waals surface area contributed by atoms with Crippen molar-refractivity contribution in [1.29, 1.82) is 0 Å². The van der Waals surface area contributed by atoms with Crippen LogP contribution in [0.4, 0.5) is 0 Å². The van der Waals surface area contributed by atoms with E-state index in [0.29, 0.717) is 36.0 Å². The molecule has 0 saturated heterocycles. The summed E-state index contributed by atoms with van der Waals surface area (Å²) in [6, 6.07) is 11.4. The topological polar surface area (TPSA) is 66.0 Å². The van der Waals surface area contributed by atoms with Gasteiger partial charge in [-0.15, -0.1) is 0 Å². The van der Waals surface area contributed by atoms with Gasteiger partial charge in [-0.1, -0.05) is 12.1 Å². The normalized spacial score (nSPS) is 12.6. The maximum absolute atomic E-state index is 12.8. The molecule has 0 radical (unpaired) electrons. The van der Waals surface area contributed by atoms with Crippen LogP contribution in [0, 0.1) is 0 Å². The van der Waals surface area contributed by atoms with Crippen molar-refractivity contribution >= 4 is 5.91 Å². The molecule has 144 valence electrons. The predicted molar refractivity (Wildman–Crippen MR) is 102 cm³/mol. The molecule has 1 aliphatic rings. The van der Waals surface area contributed by atoms with Crippen LogP contribution in [0.25, 0.3) is 0 Å². The third-order valence-corrected chi connectivity index (χ3v) is 4.81. The molecule has 2 aromatic rings. The van der Waals surface area contributed by atoms with Gasteiger partial charge in [0.05, 0.1) is 19.6 Å². The summed E-state index contributed by atoms with van der Waals surface area (Å²) in [6.07, 6.45) is 0.698. The first-order valence-electron chi connectivity index (χ1n) is 8.85. The molecule has 1 amide bonds. The van der Waals surface area contributed by atoms with Crippen LogP contribution in [-0.4, -0.2) is 33.5 Å². The molecule has 0 atom stereocenters. The largest absolute Gasteiger partial charge is 0.493 e. The van der Waals surface area contributed by atoms with Gasteiger partial charge in [0, 0.05) is 6.54 Å². The van der Waals surface area contributed by atoms with Gasteiger partial charge in [-0.3, -0.25) is 4.79 Å². The minimum Gasteiger partial charge on any atom is -0.493 e. The fourth-order valence-corrected chi connectivity index (χ4v) is 2.99. The predicted octanol–water partition coefficient (Wildman–Crippen LogP) is 3.07. The smallest absolute Gasteiger partial charge is 0.231 e. The standard InChI is InChI=1S/C21H25NO5/c1-21(2,15-6-8-17-19(12-15)27-13-26-17)20(23)22-10-9-14-5-7-16(24-3)18(11-14)25-4/h5-8,11-12H,9-10,13H2,1-4H3,(H,22,23). The summed E-state index contributed by atoms with van der Waals surface area (Å²) in [7, 11) is 3.22. The lowest BCUT2D eigenvalue weighted by Crippen LogP contribution is -2.40. The van der Waals surface area contributed by atoms with Crippen molar-refractivity contribution in [3.8, 4) is 23.0 Å². The molecule has 0 spiro atoms. The highest BCUT2D eigenvalue weighted by Crippen LogP contribution is 2.36. The number of carbonyl (C=O) groups excluding carboxylic acids is 1. The number of carbonyl (C=O) groups is 1. The van der Waals surface area contributed by atoms with Crippen LogP contribution in [-0.2, 0) is 16.6 Å². The lowest BCUT2D eigenvalue weighted by Gasteiger charge is -2.24. The number of hydrogen-bond acceptors (Lipinski definition) is 5. The average molecular weight is 371 g/mol. The Bertz CT molecular complexity index is 831. The molecule has 0 bridgehead atoms. The molecule has 1 aliphatic heterocycles. The van der Waals surface area contributed by atoms with E-state index in [1.807, 2.05) is 50.2 Å². The molecule has 0 aliphatic carbocycles. The van der Waals surface area contributed by atoms with Crippen LogP contribution in [0.2, 0.25) is 0 Å². The van der Waals surface area contributed by atoms with Gasteiger partial charge < -0.3 is 24.3 Å². The minimum atomic E-state index is -0.682. The van der Waals surface area contributed by atoms with Crippen LogP contribution in [0.5, 0.6) is 23.0 Å². The van der Waals surface area contributed by atoms with E-state index in [4.69, 9.17) is 18.9 Å². The van der Waals surface area contributed by atoms with Crippen molar-refractivity contribution in [3.05, 3.63) is 47.5 Å². The second-order valence-electron chi connectivity index (χ2n) is 6.89. The molecular formula is C21H25NO5. The van der Waals surface area contributed by atoms with E-state index in [-0.39, 0.29) is 12.7 Å². The molecule has 1 N–H and O–H groups in total. The highest BCUT2D eigenvalue weighted by Gasteiger charge is 2.31. The number of rotatable bonds is 7. The van der Waals surface area contributed by atoms with Crippen LogP contribution in [0.3, 0.4) is 0 Å². The lowest BCUT2D eigenvalue weighted by atomic mass is 9.83. The van der Waals surface area contributed by atoms with Crippen molar-refractivity contribution in [3.63, 3.8) is 0 Å². The summed E-state index contributed by atoms with van der Waals surface area (Å²) in [5, 5.41) is 3.02. The van der Waals surface area contributed by atoms with Gasteiger partial charge in [-0.05, 0) is 55.7 Å². The Morgan fingerprint density at radius 1 is 1.04 bits per heavy atom. The van der Waals surface area contributed by atoms with Gasteiger partial charge in [0.2, 0.25) is 12.7 Å². The summed E-state index contributed by atoms with van der Waals surface area (Å²) in [5.41, 5.74) is 1.27. The molecule has 3 rings (SSSR count). The summed E-state index contributed by atoms with van der Waals surface area (Å²) in [4.78, 5) is 12.8. The van der Waals surface area contributed by atoms with E-state index in [0.717, 1.165) is 11.1 Å². The van der Waals surface area contributed by atoms with Gasteiger partial charge in [0.15, 0.2) is 23.0 Å². The zero-order valence-corrected chi connectivity index (χ0v) is 16.1. The third-order valence-electron chi connectivity index (χ3n) is 4.81. The molecule has 0 fully saturated rings. The zero-order chi connectivity index (χ0) is 19.4. The molecule has 27 heavy (non-hydrogen) atoms. The zero-order valence-electron chi connectivity index (χ0n) is 16.1. The monoisotopic (exact) mass is 371 g/mol. The van der Waals surface area contributed by atoms with Gasteiger partial charge >= 0.3 is 0 Å². The number of nitrogens with one attached hydrogen (secondary N) is 1. The second-order valence-corrected chi connectivity index (χ2v) is 6.89. The van der Waals surface area contributed by atoms with Crippen LogP contribution < -0.4 is 24.3 Å². The fraction of sp³-hybridized carbons (Fsp3) is 0.381. The van der Waals surface area contributed by atoms with Crippen molar-refractivity contribution in [2.75, 3.05) is 27.6 Å². The summed E-state index contributed by atoms with van der Waals surface area (Å²) in [5.74, 6) is 2.72. The highest BCUT2D eigenvalue weighted by atomic mass is 16.7. The number of ether oxygens (including phenoxy) is 4. The van der Waals surface area contributed by atoms with Crippen molar-refractivity contribution in [2.45, 2.75) is 25.7 Å². The Labute approximate surface area is 159 Å². The van der Waals surface area contributed by atoms with Crippen molar-refractivity contribution in [2.24, 2.45) is 0 Å². The number of methoxy groups -OCH3 is 2. The van der Waals surface area contributed by atoms with E-state index >= 15 is 0 Å². The Hall–Kier alpha value is -2.89. The van der Waals surface area contributed by atoms with Crippen LogP contribution in [0.1, 0.15) is 25.0 Å². The Kier molecular flexibility index (Phi) is 5.44. The van der Waals surface area contributed by atoms with E-state index < -0.39 is 5.41 Å². The fourth-order valence-electron chi connectivity index (χ4n) is 2.99. The number of fused-ring (bicyclic) bond motifs is 1. The molecule has 2 aromatic carbocycles. The molecule has 0 aromatic heterocycles. The second kappa shape index (κ2) is 7.78. The van der Waals surface area contributed by atoms with E-state index in [1.165, 1.54) is 0 Å². The maximum atomic E-state index is 12.8. The minimum absolute atomic E-state index is 0.0400. The summed E-state index contributed by atoms with van der Waals surface area (Å²) < 4.78 is 21.3. The SMILES string of the molecule is COc1ccc(CCNC(=O)C(C)(C)c2ccc3c(c2)OCO3)cc1OC. The van der Waals surface area contributed by atoms with E-state index in [1.54, 1.807) is 14.2 Å². The maximum Gasteiger partial charge on any atom is 0.231 e. The molecular weight excluding hydrogens is 346 g/mol. The summed E-state index contributed by atoms with van der Waals surface area (Å²) >= 11 is 0. The van der Waals surface area contributed by atoms with Gasteiger partial charge in [-0.25, -0.2) is 0 Å². The Morgan fingerprint density at radius 3 is 2.52 bits per heavy atom. The van der Waals surface area contributed by atoms with Gasteiger partial charge in [0.1, 0.15) is 0 Å². The first kappa shape index (κ1) is 18.9. The lowest BCUT2D eigenvalue weighted by molar-refractivity contribution is -0.125. The van der Waals surface area contributed by atoms with Gasteiger partial charge in [-0.2, -0.15) is 0 Å². The molecule has 6 heteroatoms. The third kappa shape index (κ3) is 3.94. The number of amides is 1. The summed E-state index contributed by atoms with van der Waals surface area (Å²) in [6.45, 7) is 4.55. The Morgan fingerprint density at radius 2 is 1.78 bits per heavy atom. The van der Waals surface area contributed by atoms with Gasteiger partial charge in [0.25, 0.3) is 0 Å². The van der Waals surface area contributed by atoms with Crippen LogP contribution in [0.15, 0.2) is 36.4 Å². The molecule has 0 unspecified atom stereocenters. The quantitative estimate of drug-likeness (QED) is 0.810. The van der Waals surface area contributed by atoms with E-state index in [9.17, 15) is 4.79 Å². The number of benzene rings is 2. The number of hydrogen-bond donors (Lipinski definition) is 1. The molecule has 0 saturated carbocycles. The molecule has 1 heterocycles. The van der Waals surface area contributed by atoms with Crippen molar-refractivity contribution < 1.29 is 23.7 Å². The average Bonchev–Trinajstić information content (AvgIpc) is 3.15. The highest BCUT2D eigenvalue weighted by molar-refractivity contribution is 5.87. The first-order valence-corrected chi connectivity index (χ1v) is 8.85. The Balaban J connectivity index is 1.61. The van der Waals surface area contributed by atoms with Crippen molar-refractivity contribution in [1.82, 2.24) is 5.32 Å². The van der Waals surface area contributed by atoms with E-state index in [2.05, 4.69) is 5.32 Å². The van der Waals surface area contributed by atoms with Crippen LogP contribution >= 0.6 is 0 Å². The first-order chi connectivity index (χ1) is 13.0. The molecule has 6 nitrogen and oxygen atoms in total.